The van der Waals surface area contributed by atoms with Crippen molar-refractivity contribution in [1.29, 1.82) is 0 Å². The summed E-state index contributed by atoms with van der Waals surface area (Å²) in [5.41, 5.74) is 3.88. The lowest BCUT2D eigenvalue weighted by molar-refractivity contribution is 1.13. The average molecular weight is 186 g/mol. The van der Waals surface area contributed by atoms with Crippen LogP contribution in [0.3, 0.4) is 0 Å². The summed E-state index contributed by atoms with van der Waals surface area (Å²) >= 11 is 0. The van der Waals surface area contributed by atoms with Crippen LogP contribution in [0.25, 0.3) is 6.08 Å². The van der Waals surface area contributed by atoms with Crippen LogP contribution in [0, 0.1) is 0 Å². The molecule has 0 saturated carbocycles. The Morgan fingerprint density at radius 3 is 2.64 bits per heavy atom. The van der Waals surface area contributed by atoms with Crippen LogP contribution in [0.15, 0.2) is 42.5 Å². The van der Waals surface area contributed by atoms with Gasteiger partial charge in [-0.25, -0.2) is 0 Å². The van der Waals surface area contributed by atoms with E-state index in [2.05, 4.69) is 56.8 Å². The van der Waals surface area contributed by atoms with Gasteiger partial charge in [0.05, 0.1) is 0 Å². The molecule has 0 amide bonds. The van der Waals surface area contributed by atoms with Gasteiger partial charge in [0.15, 0.2) is 0 Å². The third-order valence-electron chi connectivity index (χ3n) is 2.39. The third kappa shape index (κ3) is 2.88. The van der Waals surface area contributed by atoms with Gasteiger partial charge in [-0.05, 0) is 24.0 Å². The van der Waals surface area contributed by atoms with Crippen LogP contribution in [0.1, 0.15) is 31.4 Å². The molecule has 0 bridgehead atoms. The van der Waals surface area contributed by atoms with Crippen molar-refractivity contribution >= 4 is 6.08 Å². The predicted octanol–water partition coefficient (Wildman–Crippen LogP) is 4.23. The molecule has 0 fully saturated rings. The lowest BCUT2D eigenvalue weighted by Gasteiger charge is -2.02. The van der Waals surface area contributed by atoms with Crippen molar-refractivity contribution in [3.8, 4) is 0 Å². The Balaban J connectivity index is 2.85. The average Bonchev–Trinajstić information content (AvgIpc) is 2.26. The van der Waals surface area contributed by atoms with Crippen LogP contribution in [-0.2, 0) is 6.42 Å². The van der Waals surface area contributed by atoms with Crippen molar-refractivity contribution in [2.24, 2.45) is 0 Å². The topological polar surface area (TPSA) is 0 Å². The van der Waals surface area contributed by atoms with Gasteiger partial charge >= 0.3 is 0 Å². The maximum absolute atomic E-state index is 3.96. The molecule has 0 nitrogen and oxygen atoms in total. The van der Waals surface area contributed by atoms with E-state index in [0.717, 1.165) is 12.8 Å². The van der Waals surface area contributed by atoms with E-state index in [1.54, 1.807) is 0 Å². The van der Waals surface area contributed by atoms with Crippen LogP contribution < -0.4 is 0 Å². The molecular formula is C14H18. The summed E-state index contributed by atoms with van der Waals surface area (Å²) in [6, 6.07) is 8.49. The fourth-order valence-electron chi connectivity index (χ4n) is 1.34. The molecule has 0 N–H and O–H groups in total. The van der Waals surface area contributed by atoms with E-state index in [9.17, 15) is 0 Å². The summed E-state index contributed by atoms with van der Waals surface area (Å²) < 4.78 is 0. The minimum atomic E-state index is 1.02. The van der Waals surface area contributed by atoms with Gasteiger partial charge in [-0.2, -0.15) is 0 Å². The Kier molecular flexibility index (Phi) is 4.18. The van der Waals surface area contributed by atoms with E-state index >= 15 is 0 Å². The summed E-state index contributed by atoms with van der Waals surface area (Å²) in [4.78, 5) is 0. The first-order valence-electron chi connectivity index (χ1n) is 5.21. The Hall–Kier alpha value is -1.30. The van der Waals surface area contributed by atoms with Crippen molar-refractivity contribution in [3.63, 3.8) is 0 Å². The van der Waals surface area contributed by atoms with Crippen molar-refractivity contribution in [1.82, 2.24) is 0 Å². The summed E-state index contributed by atoms with van der Waals surface area (Å²) in [6.07, 6.45) is 6.36. The molecule has 0 atom stereocenters. The minimum Gasteiger partial charge on any atom is -0.0958 e. The first-order chi connectivity index (χ1) is 6.77. The lowest BCUT2D eigenvalue weighted by atomic mass is 10.0. The molecule has 0 radical (unpaired) electrons. The van der Waals surface area contributed by atoms with Crippen molar-refractivity contribution in [2.45, 2.75) is 26.7 Å². The highest BCUT2D eigenvalue weighted by molar-refractivity contribution is 5.56. The molecule has 0 aliphatic rings. The van der Waals surface area contributed by atoms with Gasteiger partial charge in [0.2, 0.25) is 0 Å². The van der Waals surface area contributed by atoms with Crippen LogP contribution in [0.2, 0.25) is 0 Å². The monoisotopic (exact) mass is 186 g/mol. The van der Waals surface area contributed by atoms with E-state index < -0.39 is 0 Å². The normalized spacial score (nSPS) is 10.7. The SMILES string of the molecule is C=C(/C=C\c1ccccc1CC)CC. The zero-order valence-corrected chi connectivity index (χ0v) is 9.09. The molecule has 0 unspecified atom stereocenters. The van der Waals surface area contributed by atoms with E-state index in [0.29, 0.717) is 0 Å². The second-order valence-electron chi connectivity index (χ2n) is 3.40. The summed E-state index contributed by atoms with van der Waals surface area (Å²) in [6.45, 7) is 8.26. The van der Waals surface area contributed by atoms with Gasteiger partial charge in [-0.15, -0.1) is 0 Å². The molecule has 0 heterocycles. The Labute approximate surface area is 87.0 Å². The zero-order chi connectivity index (χ0) is 10.4. The summed E-state index contributed by atoms with van der Waals surface area (Å²) in [5.74, 6) is 0. The van der Waals surface area contributed by atoms with Gasteiger partial charge in [0, 0.05) is 0 Å². The standard InChI is InChI=1S/C14H18/c1-4-12(3)10-11-14-9-7-6-8-13(14)5-2/h6-11H,3-5H2,1-2H3/b11-10-. The van der Waals surface area contributed by atoms with E-state index in [1.165, 1.54) is 16.7 Å². The Morgan fingerprint density at radius 2 is 2.00 bits per heavy atom. The summed E-state index contributed by atoms with van der Waals surface area (Å²) in [5, 5.41) is 0. The van der Waals surface area contributed by atoms with Crippen molar-refractivity contribution < 1.29 is 0 Å². The number of allylic oxidation sites excluding steroid dienone is 2. The molecule has 0 saturated heterocycles. The van der Waals surface area contributed by atoms with Crippen LogP contribution in [-0.4, -0.2) is 0 Å². The van der Waals surface area contributed by atoms with Gasteiger partial charge in [-0.3, -0.25) is 0 Å². The molecule has 14 heavy (non-hydrogen) atoms. The van der Waals surface area contributed by atoms with Gasteiger partial charge < -0.3 is 0 Å². The number of hydrogen-bond acceptors (Lipinski definition) is 0. The first kappa shape index (κ1) is 10.8. The molecule has 74 valence electrons. The predicted molar refractivity (Wildman–Crippen MR) is 64.3 cm³/mol. The molecule has 0 spiro atoms. The molecule has 0 aliphatic heterocycles. The molecule has 1 aromatic carbocycles. The summed E-state index contributed by atoms with van der Waals surface area (Å²) in [7, 11) is 0. The van der Waals surface area contributed by atoms with Crippen LogP contribution in [0.4, 0.5) is 0 Å². The second-order valence-corrected chi connectivity index (χ2v) is 3.40. The zero-order valence-electron chi connectivity index (χ0n) is 9.09. The fourth-order valence-corrected chi connectivity index (χ4v) is 1.34. The maximum Gasteiger partial charge on any atom is -0.0225 e. The Bertz CT molecular complexity index is 332. The third-order valence-corrected chi connectivity index (χ3v) is 2.39. The number of benzene rings is 1. The van der Waals surface area contributed by atoms with Crippen molar-refractivity contribution in [3.05, 3.63) is 53.6 Å². The molecule has 0 aromatic heterocycles. The number of aryl methyl sites for hydroxylation is 1. The fraction of sp³-hybridized carbons (Fsp3) is 0.286. The van der Waals surface area contributed by atoms with E-state index in [1.807, 2.05) is 0 Å². The van der Waals surface area contributed by atoms with Crippen LogP contribution in [0.5, 0.6) is 0 Å². The maximum atomic E-state index is 3.96. The molecule has 0 aliphatic carbocycles. The second kappa shape index (κ2) is 5.43. The van der Waals surface area contributed by atoms with Crippen molar-refractivity contribution in [2.75, 3.05) is 0 Å². The van der Waals surface area contributed by atoms with Gasteiger partial charge in [0.1, 0.15) is 0 Å². The minimum absolute atomic E-state index is 1.02. The van der Waals surface area contributed by atoms with Gasteiger partial charge in [-0.1, -0.05) is 62.4 Å². The molecular weight excluding hydrogens is 168 g/mol. The van der Waals surface area contributed by atoms with Gasteiger partial charge in [0.25, 0.3) is 0 Å². The molecule has 1 rings (SSSR count). The first-order valence-corrected chi connectivity index (χ1v) is 5.21. The largest absolute Gasteiger partial charge is 0.0958 e. The number of rotatable bonds is 4. The Morgan fingerprint density at radius 1 is 1.29 bits per heavy atom. The highest BCUT2D eigenvalue weighted by Gasteiger charge is 1.94. The number of hydrogen-bond donors (Lipinski definition) is 0. The van der Waals surface area contributed by atoms with Crippen LogP contribution >= 0.6 is 0 Å². The highest BCUT2D eigenvalue weighted by atomic mass is 14.0. The van der Waals surface area contributed by atoms with E-state index in [-0.39, 0.29) is 0 Å². The molecule has 0 heteroatoms. The quantitative estimate of drug-likeness (QED) is 0.617. The highest BCUT2D eigenvalue weighted by Crippen LogP contribution is 2.12. The van der Waals surface area contributed by atoms with E-state index in [4.69, 9.17) is 0 Å². The lowest BCUT2D eigenvalue weighted by Crippen LogP contribution is -1.84. The smallest absolute Gasteiger partial charge is 0.0225 e. The molecule has 1 aromatic rings.